The van der Waals surface area contributed by atoms with E-state index in [1.54, 1.807) is 35.4 Å². The molecular formula is C20H15N3O6. The van der Waals surface area contributed by atoms with Crippen LogP contribution in [0, 0.1) is 10.1 Å². The summed E-state index contributed by atoms with van der Waals surface area (Å²) in [4.78, 5) is 50.1. The summed E-state index contributed by atoms with van der Waals surface area (Å²) in [7, 11) is 0. The third-order valence-corrected chi connectivity index (χ3v) is 4.77. The van der Waals surface area contributed by atoms with Gasteiger partial charge in [0.05, 0.1) is 21.6 Å². The molecule has 1 aromatic carbocycles. The van der Waals surface area contributed by atoms with Gasteiger partial charge in [0.1, 0.15) is 6.26 Å². The van der Waals surface area contributed by atoms with Gasteiger partial charge in [-0.3, -0.25) is 29.4 Å². The topological polar surface area (TPSA) is 110 Å². The van der Waals surface area contributed by atoms with E-state index in [1.165, 1.54) is 18.5 Å². The van der Waals surface area contributed by atoms with E-state index in [-0.39, 0.29) is 54.1 Å². The lowest BCUT2D eigenvalue weighted by Gasteiger charge is -2.24. The van der Waals surface area contributed by atoms with Gasteiger partial charge in [-0.25, -0.2) is 0 Å². The Hall–Kier alpha value is -4.01. The van der Waals surface area contributed by atoms with Crippen molar-refractivity contribution in [2.45, 2.75) is 6.42 Å². The van der Waals surface area contributed by atoms with Gasteiger partial charge < -0.3 is 9.64 Å². The molecule has 0 bridgehead atoms. The normalized spacial score (nSPS) is 18.2. The summed E-state index contributed by atoms with van der Waals surface area (Å²) < 4.78 is 5.38. The van der Waals surface area contributed by atoms with Gasteiger partial charge in [0.25, 0.3) is 17.5 Å². The summed E-state index contributed by atoms with van der Waals surface area (Å²) in [6.45, 7) is 0.389. The average molecular weight is 393 g/mol. The molecule has 4 rings (SSSR count). The molecule has 2 aliphatic heterocycles. The summed E-state index contributed by atoms with van der Waals surface area (Å²) >= 11 is 0. The lowest BCUT2D eigenvalue weighted by molar-refractivity contribution is -0.420. The number of hydrogen-bond acceptors (Lipinski definition) is 7. The number of carbonyl (C=O) groups is 3. The van der Waals surface area contributed by atoms with E-state index in [0.717, 1.165) is 11.0 Å². The summed E-state index contributed by atoms with van der Waals surface area (Å²) in [6.07, 6.45) is 6.62. The number of hydrogen-bond donors (Lipinski definition) is 0. The summed E-state index contributed by atoms with van der Waals surface area (Å²) in [5.41, 5.74) is 0.725. The Bertz CT molecular complexity index is 1030. The number of fused-ring (bicyclic) bond motifs is 1. The van der Waals surface area contributed by atoms with Crippen LogP contribution in [0.25, 0.3) is 0 Å². The summed E-state index contributed by atoms with van der Waals surface area (Å²) in [6, 6.07) is 6.63. The lowest BCUT2D eigenvalue weighted by Crippen LogP contribution is -2.36. The molecule has 2 heterocycles. The fraction of sp³-hybridized carbons (Fsp3) is 0.150. The quantitative estimate of drug-likeness (QED) is 0.427. The van der Waals surface area contributed by atoms with Gasteiger partial charge in [-0.1, -0.05) is 12.1 Å². The number of allylic oxidation sites excluding steroid dienone is 3. The number of amides is 2. The molecule has 0 fully saturated rings. The number of benzene rings is 1. The summed E-state index contributed by atoms with van der Waals surface area (Å²) in [5, 5.41) is 11.3. The minimum Gasteiger partial charge on any atom is -0.461 e. The fourth-order valence-corrected chi connectivity index (χ4v) is 3.33. The number of nitrogens with zero attached hydrogens (tertiary/aromatic N) is 3. The van der Waals surface area contributed by atoms with Crippen LogP contribution in [-0.2, 0) is 9.53 Å². The predicted octanol–water partition coefficient (Wildman–Crippen LogP) is 1.99. The van der Waals surface area contributed by atoms with Crippen molar-refractivity contribution >= 4 is 17.6 Å². The molecule has 29 heavy (non-hydrogen) atoms. The molecule has 0 saturated heterocycles. The van der Waals surface area contributed by atoms with Crippen LogP contribution < -0.4 is 0 Å². The van der Waals surface area contributed by atoms with Crippen LogP contribution in [0.2, 0.25) is 0 Å². The Morgan fingerprint density at radius 1 is 1.03 bits per heavy atom. The molecule has 0 atom stereocenters. The van der Waals surface area contributed by atoms with Gasteiger partial charge >= 0.3 is 0 Å². The van der Waals surface area contributed by atoms with Crippen LogP contribution in [0.3, 0.4) is 0 Å². The highest BCUT2D eigenvalue weighted by atomic mass is 16.6. The van der Waals surface area contributed by atoms with E-state index in [4.69, 9.17) is 4.74 Å². The van der Waals surface area contributed by atoms with Crippen molar-refractivity contribution in [3.63, 3.8) is 0 Å². The molecule has 0 radical (unpaired) electrons. The molecule has 3 aliphatic rings. The Balaban J connectivity index is 1.51. The highest BCUT2D eigenvalue weighted by Gasteiger charge is 2.35. The van der Waals surface area contributed by atoms with E-state index in [0.29, 0.717) is 11.1 Å². The zero-order valence-corrected chi connectivity index (χ0v) is 15.1. The number of ketones is 1. The minimum absolute atomic E-state index is 0.125. The molecule has 2 amide bonds. The van der Waals surface area contributed by atoms with Crippen molar-refractivity contribution in [3.05, 3.63) is 93.4 Å². The van der Waals surface area contributed by atoms with E-state index < -0.39 is 4.92 Å². The third kappa shape index (κ3) is 3.33. The maximum absolute atomic E-state index is 12.4. The first-order chi connectivity index (χ1) is 14.0. The number of rotatable bonds is 5. The van der Waals surface area contributed by atoms with Crippen LogP contribution >= 0.6 is 0 Å². The molecule has 0 unspecified atom stereocenters. The monoisotopic (exact) mass is 393 g/mol. The Kier molecular flexibility index (Phi) is 4.55. The molecule has 0 aromatic heterocycles. The predicted molar refractivity (Wildman–Crippen MR) is 99.6 cm³/mol. The van der Waals surface area contributed by atoms with E-state index in [2.05, 4.69) is 0 Å². The first-order valence-corrected chi connectivity index (χ1v) is 8.80. The van der Waals surface area contributed by atoms with Crippen molar-refractivity contribution in [1.82, 2.24) is 9.80 Å². The van der Waals surface area contributed by atoms with Gasteiger partial charge in [-0.05, 0) is 18.2 Å². The van der Waals surface area contributed by atoms with Crippen LogP contribution in [0.4, 0.5) is 0 Å². The standard InChI is InChI=1S/C20H15N3O6/c24-13-5-6-17(23(27)28)16(11-13)18-12-21(9-10-29-18)7-8-22-19(25)14-3-1-2-4-15(14)20(22)26/h1-6,9-10,12H,7-8,11H2. The van der Waals surface area contributed by atoms with E-state index >= 15 is 0 Å². The number of nitro groups is 1. The second-order valence-corrected chi connectivity index (χ2v) is 6.54. The van der Waals surface area contributed by atoms with Crippen molar-refractivity contribution in [2.24, 2.45) is 0 Å². The Morgan fingerprint density at radius 2 is 1.72 bits per heavy atom. The molecule has 9 heteroatoms. The number of carbonyl (C=O) groups excluding carboxylic acids is 3. The zero-order valence-electron chi connectivity index (χ0n) is 15.1. The van der Waals surface area contributed by atoms with Gasteiger partial charge in [0, 0.05) is 38.0 Å². The zero-order chi connectivity index (χ0) is 20.5. The van der Waals surface area contributed by atoms with Crippen molar-refractivity contribution in [2.75, 3.05) is 13.1 Å². The highest BCUT2D eigenvalue weighted by molar-refractivity contribution is 6.21. The van der Waals surface area contributed by atoms with Crippen LogP contribution in [0.15, 0.2) is 72.1 Å². The van der Waals surface area contributed by atoms with Gasteiger partial charge in [0.2, 0.25) is 0 Å². The first-order valence-electron chi connectivity index (χ1n) is 8.80. The molecule has 0 saturated carbocycles. The lowest BCUT2D eigenvalue weighted by atomic mass is 9.99. The van der Waals surface area contributed by atoms with Crippen molar-refractivity contribution in [1.29, 1.82) is 0 Å². The summed E-state index contributed by atoms with van der Waals surface area (Å²) in [5.74, 6) is -0.789. The maximum Gasteiger partial charge on any atom is 0.276 e. The number of imide groups is 1. The molecule has 1 aromatic rings. The van der Waals surface area contributed by atoms with Gasteiger partial charge in [-0.15, -0.1) is 0 Å². The first kappa shape index (κ1) is 18.4. The van der Waals surface area contributed by atoms with Gasteiger partial charge in [-0.2, -0.15) is 0 Å². The van der Waals surface area contributed by atoms with Crippen molar-refractivity contribution < 1.29 is 24.0 Å². The third-order valence-electron chi connectivity index (χ3n) is 4.77. The molecule has 0 N–H and O–H groups in total. The second-order valence-electron chi connectivity index (χ2n) is 6.54. The van der Waals surface area contributed by atoms with Gasteiger partial charge in [0.15, 0.2) is 11.5 Å². The SMILES string of the molecule is O=C1C=CC([N+](=O)[O-])=C(C2=CN(CCN3C(=O)c4ccccc4C3=O)C=CO2)C1. The molecule has 0 spiro atoms. The smallest absolute Gasteiger partial charge is 0.276 e. The largest absolute Gasteiger partial charge is 0.461 e. The fourth-order valence-electron chi connectivity index (χ4n) is 3.33. The van der Waals surface area contributed by atoms with Crippen LogP contribution in [-0.4, -0.2) is 45.4 Å². The van der Waals surface area contributed by atoms with Crippen LogP contribution in [0.5, 0.6) is 0 Å². The average Bonchev–Trinajstić information content (AvgIpc) is 2.97. The highest BCUT2D eigenvalue weighted by Crippen LogP contribution is 2.28. The maximum atomic E-state index is 12.4. The van der Waals surface area contributed by atoms with Crippen LogP contribution in [0.1, 0.15) is 27.1 Å². The molecular weight excluding hydrogens is 378 g/mol. The van der Waals surface area contributed by atoms with E-state index in [9.17, 15) is 24.5 Å². The molecule has 146 valence electrons. The van der Waals surface area contributed by atoms with E-state index in [1.807, 2.05) is 0 Å². The van der Waals surface area contributed by atoms with Crippen molar-refractivity contribution in [3.8, 4) is 0 Å². The minimum atomic E-state index is -0.566. The molecule has 9 nitrogen and oxygen atoms in total. The number of ether oxygens (including phenoxy) is 1. The molecule has 1 aliphatic carbocycles. The second kappa shape index (κ2) is 7.19. The Labute approximate surface area is 165 Å². The Morgan fingerprint density at radius 3 is 2.38 bits per heavy atom.